The van der Waals surface area contributed by atoms with Crippen LogP contribution in [-0.2, 0) is 0 Å². The third-order valence-corrected chi connectivity index (χ3v) is 5.14. The second-order valence-corrected chi connectivity index (χ2v) is 6.13. The quantitative estimate of drug-likeness (QED) is 0.454. The minimum absolute atomic E-state index is 0.125. The second-order valence-electron chi connectivity index (χ2n) is 4.43. The van der Waals surface area contributed by atoms with Gasteiger partial charge in [0.1, 0.15) is 0 Å². The third kappa shape index (κ3) is 5.11. The Balaban J connectivity index is 2.42. The maximum Gasteiger partial charge on any atom is 0.0291 e. The molecule has 0 aliphatic carbocycles. The van der Waals surface area contributed by atoms with Gasteiger partial charge in [0, 0.05) is 16.7 Å². The van der Waals surface area contributed by atoms with E-state index in [2.05, 4.69) is 31.2 Å². The molecule has 1 rings (SSSR count). The van der Waals surface area contributed by atoms with Crippen molar-refractivity contribution in [2.24, 2.45) is 5.41 Å². The molecular weight excluding hydrogens is 271 g/mol. The van der Waals surface area contributed by atoms with Crippen LogP contribution in [0, 0.1) is 5.41 Å². The Bertz CT molecular complexity index is 296. The van der Waals surface area contributed by atoms with Crippen LogP contribution >= 0.6 is 35.0 Å². The molecule has 0 amide bonds. The van der Waals surface area contributed by atoms with Crippen molar-refractivity contribution >= 4 is 35.0 Å². The largest absolute Gasteiger partial charge is 0.126 e. The van der Waals surface area contributed by atoms with Crippen LogP contribution in [0.4, 0.5) is 0 Å². The molecule has 0 aliphatic heterocycles. The van der Waals surface area contributed by atoms with Crippen molar-refractivity contribution < 1.29 is 0 Å². The zero-order chi connectivity index (χ0) is 12.6. The van der Waals surface area contributed by atoms with E-state index in [1.54, 1.807) is 0 Å². The van der Waals surface area contributed by atoms with Gasteiger partial charge in [0.15, 0.2) is 0 Å². The number of halogens is 2. The minimum atomic E-state index is 0.125. The molecule has 0 fully saturated rings. The Kier molecular flexibility index (Phi) is 7.41. The Morgan fingerprint density at radius 3 is 2.24 bits per heavy atom. The van der Waals surface area contributed by atoms with Crippen LogP contribution in [0.1, 0.15) is 26.2 Å². The molecule has 3 heteroatoms. The van der Waals surface area contributed by atoms with Crippen LogP contribution in [0.3, 0.4) is 0 Å². The number of hydrogen-bond donors (Lipinski definition) is 0. The van der Waals surface area contributed by atoms with Crippen molar-refractivity contribution in [3.8, 4) is 0 Å². The van der Waals surface area contributed by atoms with E-state index in [4.69, 9.17) is 23.2 Å². The summed E-state index contributed by atoms with van der Waals surface area (Å²) in [4.78, 5) is 1.32. The lowest BCUT2D eigenvalue weighted by atomic mass is 9.85. The van der Waals surface area contributed by atoms with E-state index in [0.29, 0.717) is 11.8 Å². The maximum absolute atomic E-state index is 6.09. The Morgan fingerprint density at radius 2 is 1.71 bits per heavy atom. The van der Waals surface area contributed by atoms with Crippen molar-refractivity contribution in [1.29, 1.82) is 0 Å². The summed E-state index contributed by atoms with van der Waals surface area (Å²) in [6.07, 6.45) is 3.36. The normalized spacial score (nSPS) is 11.7. The molecule has 0 saturated carbocycles. The van der Waals surface area contributed by atoms with Crippen molar-refractivity contribution in [3.05, 3.63) is 30.3 Å². The molecule has 0 heterocycles. The Hall–Kier alpha value is 0.150. The van der Waals surface area contributed by atoms with Gasteiger partial charge in [0.05, 0.1) is 0 Å². The van der Waals surface area contributed by atoms with Gasteiger partial charge < -0.3 is 0 Å². The summed E-state index contributed by atoms with van der Waals surface area (Å²) in [5.41, 5.74) is 0.125. The van der Waals surface area contributed by atoms with Crippen LogP contribution in [0.15, 0.2) is 35.2 Å². The molecule has 1 aromatic rings. The smallest absolute Gasteiger partial charge is 0.0291 e. The molecule has 0 spiro atoms. The lowest BCUT2D eigenvalue weighted by Crippen LogP contribution is -2.25. The second kappa shape index (κ2) is 8.29. The Morgan fingerprint density at radius 1 is 1.06 bits per heavy atom. The maximum atomic E-state index is 6.09. The van der Waals surface area contributed by atoms with Crippen LogP contribution in [0.25, 0.3) is 0 Å². The summed E-state index contributed by atoms with van der Waals surface area (Å²) in [6, 6.07) is 10.5. The molecule has 0 radical (unpaired) electrons. The molecular formula is C14H20Cl2S. The number of rotatable bonds is 8. The van der Waals surface area contributed by atoms with E-state index in [9.17, 15) is 0 Å². The van der Waals surface area contributed by atoms with E-state index >= 15 is 0 Å². The molecule has 0 unspecified atom stereocenters. The van der Waals surface area contributed by atoms with Crippen LogP contribution in [0.2, 0.25) is 0 Å². The highest BCUT2D eigenvalue weighted by atomic mass is 35.5. The molecule has 0 saturated heterocycles. The standard InChI is InChI=1S/C14H20Cl2S/c1-2-8-14(11-15,12-16)9-10-17-13-6-4-3-5-7-13/h3-7H,2,8-12H2,1H3. The van der Waals surface area contributed by atoms with Crippen molar-refractivity contribution in [2.45, 2.75) is 31.1 Å². The van der Waals surface area contributed by atoms with Gasteiger partial charge in [0.25, 0.3) is 0 Å². The molecule has 0 aliphatic rings. The van der Waals surface area contributed by atoms with Crippen molar-refractivity contribution in [3.63, 3.8) is 0 Å². The summed E-state index contributed by atoms with van der Waals surface area (Å²) in [5.74, 6) is 2.42. The zero-order valence-corrected chi connectivity index (χ0v) is 12.6. The monoisotopic (exact) mass is 290 g/mol. The van der Waals surface area contributed by atoms with Crippen LogP contribution < -0.4 is 0 Å². The zero-order valence-electron chi connectivity index (χ0n) is 10.3. The lowest BCUT2D eigenvalue weighted by molar-refractivity contribution is 0.333. The number of alkyl halides is 2. The first kappa shape index (κ1) is 15.2. The van der Waals surface area contributed by atoms with Gasteiger partial charge in [-0.05, 0) is 36.1 Å². The molecule has 0 bridgehead atoms. The van der Waals surface area contributed by atoms with E-state index in [1.165, 1.54) is 4.90 Å². The highest BCUT2D eigenvalue weighted by Crippen LogP contribution is 2.34. The lowest BCUT2D eigenvalue weighted by Gasteiger charge is -2.29. The molecule has 1 aromatic carbocycles. The first-order valence-electron chi connectivity index (χ1n) is 6.06. The topological polar surface area (TPSA) is 0 Å². The molecule has 96 valence electrons. The van der Waals surface area contributed by atoms with Gasteiger partial charge in [0.2, 0.25) is 0 Å². The fourth-order valence-corrected chi connectivity index (χ4v) is 3.80. The average molecular weight is 291 g/mol. The molecule has 0 aromatic heterocycles. The number of thioether (sulfide) groups is 1. The Labute approximate surface area is 119 Å². The number of hydrogen-bond acceptors (Lipinski definition) is 1. The number of benzene rings is 1. The highest BCUT2D eigenvalue weighted by molar-refractivity contribution is 7.99. The summed E-state index contributed by atoms with van der Waals surface area (Å²) in [5, 5.41) is 0. The summed E-state index contributed by atoms with van der Waals surface area (Å²) >= 11 is 14.1. The van der Waals surface area contributed by atoms with E-state index in [1.807, 2.05) is 17.8 Å². The fourth-order valence-electron chi connectivity index (χ4n) is 1.86. The predicted octanol–water partition coefficient (Wildman–Crippen LogP) is 5.43. The molecule has 0 nitrogen and oxygen atoms in total. The van der Waals surface area contributed by atoms with Gasteiger partial charge >= 0.3 is 0 Å². The van der Waals surface area contributed by atoms with Gasteiger partial charge in [-0.15, -0.1) is 35.0 Å². The summed E-state index contributed by atoms with van der Waals surface area (Å²) in [6.45, 7) is 2.19. The first-order chi connectivity index (χ1) is 8.26. The van der Waals surface area contributed by atoms with E-state index in [0.717, 1.165) is 25.0 Å². The molecule has 0 N–H and O–H groups in total. The van der Waals surface area contributed by atoms with Crippen LogP contribution in [0.5, 0.6) is 0 Å². The third-order valence-electron chi connectivity index (χ3n) is 2.99. The van der Waals surface area contributed by atoms with E-state index < -0.39 is 0 Å². The summed E-state index contributed by atoms with van der Waals surface area (Å²) < 4.78 is 0. The van der Waals surface area contributed by atoms with Crippen LogP contribution in [-0.4, -0.2) is 17.5 Å². The predicted molar refractivity (Wildman–Crippen MR) is 80.6 cm³/mol. The average Bonchev–Trinajstić information content (AvgIpc) is 2.39. The van der Waals surface area contributed by atoms with Gasteiger partial charge in [-0.25, -0.2) is 0 Å². The summed E-state index contributed by atoms with van der Waals surface area (Å²) in [7, 11) is 0. The molecule has 0 atom stereocenters. The first-order valence-corrected chi connectivity index (χ1v) is 8.11. The van der Waals surface area contributed by atoms with Gasteiger partial charge in [-0.2, -0.15) is 0 Å². The fraction of sp³-hybridized carbons (Fsp3) is 0.571. The minimum Gasteiger partial charge on any atom is -0.126 e. The highest BCUT2D eigenvalue weighted by Gasteiger charge is 2.26. The van der Waals surface area contributed by atoms with Crippen molar-refractivity contribution in [1.82, 2.24) is 0 Å². The van der Waals surface area contributed by atoms with Gasteiger partial charge in [-0.1, -0.05) is 31.5 Å². The van der Waals surface area contributed by atoms with E-state index in [-0.39, 0.29) is 5.41 Å². The SMILES string of the molecule is CCCC(CCl)(CCl)CCSc1ccccc1. The van der Waals surface area contributed by atoms with Crippen molar-refractivity contribution in [2.75, 3.05) is 17.5 Å². The molecule has 17 heavy (non-hydrogen) atoms. The van der Waals surface area contributed by atoms with Gasteiger partial charge in [-0.3, -0.25) is 0 Å².